The van der Waals surface area contributed by atoms with Crippen LogP contribution in [-0.2, 0) is 4.74 Å². The van der Waals surface area contributed by atoms with Crippen molar-refractivity contribution < 1.29 is 4.74 Å². The molecule has 0 saturated heterocycles. The van der Waals surface area contributed by atoms with Gasteiger partial charge in [-0.25, -0.2) is 0 Å². The van der Waals surface area contributed by atoms with Crippen LogP contribution < -0.4 is 5.32 Å². The highest BCUT2D eigenvalue weighted by Crippen LogP contribution is 2.20. The number of hydrogen-bond donors (Lipinski definition) is 1. The van der Waals surface area contributed by atoms with Crippen molar-refractivity contribution in [2.75, 3.05) is 25.6 Å². The fourth-order valence-electron chi connectivity index (χ4n) is 1.39. The summed E-state index contributed by atoms with van der Waals surface area (Å²) in [6.45, 7) is 5.99. The summed E-state index contributed by atoms with van der Waals surface area (Å²) < 4.78 is 6.24. The Morgan fingerprint density at radius 2 is 2.20 bits per heavy atom. The minimum Gasteiger partial charge on any atom is -0.385 e. The lowest BCUT2D eigenvalue weighted by atomic mass is 10.2. The van der Waals surface area contributed by atoms with Crippen molar-refractivity contribution in [2.45, 2.75) is 13.8 Å². The van der Waals surface area contributed by atoms with E-state index in [2.05, 4.69) is 53.3 Å². The van der Waals surface area contributed by atoms with Gasteiger partial charge in [0.1, 0.15) is 0 Å². The maximum atomic E-state index is 5.09. The third-order valence-corrected chi connectivity index (χ3v) is 3.15. The molecule has 0 aliphatic heterocycles. The van der Waals surface area contributed by atoms with Gasteiger partial charge in [0.2, 0.25) is 0 Å². The first-order valence-electron chi connectivity index (χ1n) is 5.12. The second kappa shape index (κ2) is 6.13. The monoisotopic (exact) mass is 271 g/mol. The van der Waals surface area contributed by atoms with Gasteiger partial charge >= 0.3 is 0 Å². The molecule has 2 nitrogen and oxygen atoms in total. The van der Waals surface area contributed by atoms with Gasteiger partial charge in [-0.05, 0) is 36.6 Å². The molecule has 1 rings (SSSR count). The summed E-state index contributed by atoms with van der Waals surface area (Å²) in [4.78, 5) is 0. The number of methoxy groups -OCH3 is 1. The molecule has 15 heavy (non-hydrogen) atoms. The number of nitrogens with one attached hydrogen (secondary N) is 1. The highest BCUT2D eigenvalue weighted by Gasteiger charge is 2.01. The molecule has 3 heteroatoms. The number of benzene rings is 1. The smallest absolute Gasteiger partial charge is 0.0504 e. The van der Waals surface area contributed by atoms with Crippen LogP contribution in [0.15, 0.2) is 22.7 Å². The zero-order valence-corrected chi connectivity index (χ0v) is 11.1. The van der Waals surface area contributed by atoms with Gasteiger partial charge in [-0.1, -0.05) is 22.9 Å². The molecular formula is C12H18BrNO. The number of halogens is 1. The van der Waals surface area contributed by atoms with Crippen LogP contribution in [0, 0.1) is 12.8 Å². The average molecular weight is 272 g/mol. The SMILES string of the molecule is COCC(C)CNc1ccc(Br)c(C)c1. The van der Waals surface area contributed by atoms with Gasteiger partial charge in [-0.3, -0.25) is 0 Å². The van der Waals surface area contributed by atoms with E-state index in [0.717, 1.165) is 17.6 Å². The summed E-state index contributed by atoms with van der Waals surface area (Å²) in [6, 6.07) is 6.29. The zero-order valence-electron chi connectivity index (χ0n) is 9.51. The Labute approximate surface area is 100 Å². The Morgan fingerprint density at radius 1 is 1.47 bits per heavy atom. The largest absolute Gasteiger partial charge is 0.385 e. The summed E-state index contributed by atoms with van der Waals surface area (Å²) in [5.74, 6) is 0.527. The lowest BCUT2D eigenvalue weighted by Crippen LogP contribution is -2.15. The lowest BCUT2D eigenvalue weighted by molar-refractivity contribution is 0.164. The number of rotatable bonds is 5. The molecule has 0 saturated carbocycles. The molecule has 0 fully saturated rings. The summed E-state index contributed by atoms with van der Waals surface area (Å²) >= 11 is 3.49. The third kappa shape index (κ3) is 4.22. The molecule has 0 aliphatic carbocycles. The van der Waals surface area contributed by atoms with Gasteiger partial charge in [0.05, 0.1) is 6.61 Å². The van der Waals surface area contributed by atoms with Gasteiger partial charge < -0.3 is 10.1 Å². The summed E-state index contributed by atoms with van der Waals surface area (Å²) in [5, 5.41) is 3.40. The van der Waals surface area contributed by atoms with E-state index >= 15 is 0 Å². The maximum Gasteiger partial charge on any atom is 0.0504 e. The molecule has 1 aromatic carbocycles. The van der Waals surface area contributed by atoms with Gasteiger partial charge in [0.15, 0.2) is 0 Å². The van der Waals surface area contributed by atoms with E-state index < -0.39 is 0 Å². The van der Waals surface area contributed by atoms with Gasteiger partial charge in [-0.15, -0.1) is 0 Å². The normalized spacial score (nSPS) is 12.5. The molecule has 1 unspecified atom stereocenters. The molecule has 0 amide bonds. The fraction of sp³-hybridized carbons (Fsp3) is 0.500. The van der Waals surface area contributed by atoms with Crippen LogP contribution in [0.2, 0.25) is 0 Å². The molecule has 0 aromatic heterocycles. The Balaban J connectivity index is 2.47. The van der Waals surface area contributed by atoms with Crippen LogP contribution in [0.1, 0.15) is 12.5 Å². The molecule has 1 N–H and O–H groups in total. The number of ether oxygens (including phenoxy) is 1. The summed E-state index contributed by atoms with van der Waals surface area (Å²) in [5.41, 5.74) is 2.41. The number of hydrogen-bond acceptors (Lipinski definition) is 2. The van der Waals surface area contributed by atoms with Crippen LogP contribution in [0.25, 0.3) is 0 Å². The van der Waals surface area contributed by atoms with Crippen molar-refractivity contribution in [3.63, 3.8) is 0 Å². The molecule has 1 aromatic rings. The minimum absolute atomic E-state index is 0.527. The van der Waals surface area contributed by atoms with Crippen LogP contribution in [0.3, 0.4) is 0 Å². The van der Waals surface area contributed by atoms with E-state index in [9.17, 15) is 0 Å². The predicted octanol–water partition coefficient (Wildman–Crippen LogP) is 3.45. The predicted molar refractivity (Wildman–Crippen MR) is 68.4 cm³/mol. The van der Waals surface area contributed by atoms with Gasteiger partial charge in [0, 0.05) is 23.8 Å². The molecule has 1 atom stereocenters. The Bertz CT molecular complexity index is 314. The third-order valence-electron chi connectivity index (χ3n) is 2.26. The molecular weight excluding hydrogens is 254 g/mol. The van der Waals surface area contributed by atoms with Crippen molar-refractivity contribution in [1.82, 2.24) is 0 Å². The molecule has 0 bridgehead atoms. The first-order chi connectivity index (χ1) is 7.13. The van der Waals surface area contributed by atoms with E-state index in [-0.39, 0.29) is 0 Å². The van der Waals surface area contributed by atoms with Crippen molar-refractivity contribution in [2.24, 2.45) is 5.92 Å². The zero-order chi connectivity index (χ0) is 11.3. The molecule has 0 heterocycles. The highest BCUT2D eigenvalue weighted by molar-refractivity contribution is 9.10. The molecule has 0 radical (unpaired) electrons. The van der Waals surface area contributed by atoms with Crippen molar-refractivity contribution in [1.29, 1.82) is 0 Å². The average Bonchev–Trinajstić information content (AvgIpc) is 2.20. The molecule has 84 valence electrons. The minimum atomic E-state index is 0.527. The summed E-state index contributed by atoms with van der Waals surface area (Å²) in [7, 11) is 1.74. The van der Waals surface area contributed by atoms with Crippen LogP contribution in [0.4, 0.5) is 5.69 Å². The van der Waals surface area contributed by atoms with E-state index in [1.165, 1.54) is 11.3 Å². The van der Waals surface area contributed by atoms with Crippen LogP contribution in [-0.4, -0.2) is 20.3 Å². The fourth-order valence-corrected chi connectivity index (χ4v) is 1.64. The standard InChI is InChI=1S/C12H18BrNO/c1-9(8-15-3)7-14-11-4-5-12(13)10(2)6-11/h4-6,9,14H,7-8H2,1-3H3. The second-order valence-corrected chi connectivity index (χ2v) is 4.76. The topological polar surface area (TPSA) is 21.3 Å². The van der Waals surface area contributed by atoms with Crippen LogP contribution >= 0.6 is 15.9 Å². The first-order valence-corrected chi connectivity index (χ1v) is 5.91. The Hall–Kier alpha value is -0.540. The second-order valence-electron chi connectivity index (χ2n) is 3.91. The van der Waals surface area contributed by atoms with Gasteiger partial charge in [0.25, 0.3) is 0 Å². The van der Waals surface area contributed by atoms with E-state index in [0.29, 0.717) is 5.92 Å². The van der Waals surface area contributed by atoms with E-state index in [1.54, 1.807) is 7.11 Å². The maximum absolute atomic E-state index is 5.09. The highest BCUT2D eigenvalue weighted by atomic mass is 79.9. The van der Waals surface area contributed by atoms with E-state index in [1.807, 2.05) is 0 Å². The van der Waals surface area contributed by atoms with Crippen molar-refractivity contribution in [3.05, 3.63) is 28.2 Å². The quantitative estimate of drug-likeness (QED) is 0.886. The van der Waals surface area contributed by atoms with Crippen molar-refractivity contribution in [3.8, 4) is 0 Å². The molecule has 0 aliphatic rings. The Morgan fingerprint density at radius 3 is 2.80 bits per heavy atom. The lowest BCUT2D eigenvalue weighted by Gasteiger charge is -2.13. The number of anilines is 1. The van der Waals surface area contributed by atoms with Crippen LogP contribution in [0.5, 0.6) is 0 Å². The van der Waals surface area contributed by atoms with Gasteiger partial charge in [-0.2, -0.15) is 0 Å². The number of aryl methyl sites for hydroxylation is 1. The van der Waals surface area contributed by atoms with Crippen molar-refractivity contribution >= 4 is 21.6 Å². The van der Waals surface area contributed by atoms with E-state index in [4.69, 9.17) is 4.74 Å². The Kier molecular flexibility index (Phi) is 5.12. The summed E-state index contributed by atoms with van der Waals surface area (Å²) in [6.07, 6.45) is 0. The first kappa shape index (κ1) is 12.5. The molecule has 0 spiro atoms.